The molecule has 1 unspecified atom stereocenters. The van der Waals surface area contributed by atoms with Gasteiger partial charge in [0.25, 0.3) is 0 Å². The monoisotopic (exact) mass is 345 g/mol. The summed E-state index contributed by atoms with van der Waals surface area (Å²) in [4.78, 5) is 13.1. The predicted octanol–water partition coefficient (Wildman–Crippen LogP) is 3.54. The molecule has 4 rings (SSSR count). The Balaban J connectivity index is 1.78. The highest BCUT2D eigenvalue weighted by Gasteiger charge is 2.22. The Hall–Kier alpha value is -2.38. The van der Waals surface area contributed by atoms with Crippen LogP contribution >= 0.6 is 11.6 Å². The number of hydrogen-bond acceptors (Lipinski definition) is 6. The fraction of sp³-hybridized carbons (Fsp3) is 0.312. The highest BCUT2D eigenvalue weighted by Crippen LogP contribution is 2.32. The van der Waals surface area contributed by atoms with Crippen LogP contribution in [-0.4, -0.2) is 33.2 Å². The van der Waals surface area contributed by atoms with E-state index in [0.717, 1.165) is 25.1 Å². The van der Waals surface area contributed by atoms with Crippen LogP contribution in [0.15, 0.2) is 30.6 Å². The van der Waals surface area contributed by atoms with Gasteiger partial charge in [-0.15, -0.1) is 0 Å². The Morgan fingerprint density at radius 2 is 2.21 bits per heavy atom. The van der Waals surface area contributed by atoms with Gasteiger partial charge in [-0.2, -0.15) is 9.97 Å². The van der Waals surface area contributed by atoms with E-state index in [-0.39, 0.29) is 11.5 Å². The third-order valence-corrected chi connectivity index (χ3v) is 4.14. The summed E-state index contributed by atoms with van der Waals surface area (Å²) in [6, 6.07) is 7.58. The molecule has 1 saturated heterocycles. The molecule has 0 spiro atoms. The number of aromatic nitrogens is 4. The van der Waals surface area contributed by atoms with Gasteiger partial charge in [-0.25, -0.2) is 4.98 Å². The van der Waals surface area contributed by atoms with Gasteiger partial charge in [0.05, 0.1) is 19.1 Å². The van der Waals surface area contributed by atoms with Crippen molar-refractivity contribution < 1.29 is 9.47 Å². The molecular formula is C16H16ClN5O2. The van der Waals surface area contributed by atoms with Gasteiger partial charge in [0.1, 0.15) is 12.0 Å². The lowest BCUT2D eigenvalue weighted by Crippen LogP contribution is -2.07. The number of halogens is 1. The lowest BCUT2D eigenvalue weighted by atomic mass is 10.3. The van der Waals surface area contributed by atoms with E-state index < -0.39 is 0 Å². The van der Waals surface area contributed by atoms with Crippen LogP contribution in [0.4, 0.5) is 11.5 Å². The van der Waals surface area contributed by atoms with E-state index in [1.165, 1.54) is 0 Å². The van der Waals surface area contributed by atoms with Crippen LogP contribution in [0.3, 0.4) is 0 Å². The molecule has 3 aromatic rings. The number of fused-ring (bicyclic) bond motifs is 1. The number of imidazole rings is 1. The van der Waals surface area contributed by atoms with Crippen LogP contribution in [0.1, 0.15) is 19.1 Å². The molecule has 1 atom stereocenters. The normalized spacial score (nSPS) is 17.3. The summed E-state index contributed by atoms with van der Waals surface area (Å²) in [6.45, 7) is 0.746. The summed E-state index contributed by atoms with van der Waals surface area (Å²) in [5.41, 5.74) is 2.07. The van der Waals surface area contributed by atoms with Gasteiger partial charge in [0, 0.05) is 6.61 Å². The van der Waals surface area contributed by atoms with Gasteiger partial charge in [0.2, 0.25) is 5.28 Å². The van der Waals surface area contributed by atoms with Crippen molar-refractivity contribution in [2.45, 2.75) is 19.1 Å². The molecule has 1 aromatic carbocycles. The van der Waals surface area contributed by atoms with Crippen LogP contribution < -0.4 is 10.1 Å². The third-order valence-electron chi connectivity index (χ3n) is 3.97. The Morgan fingerprint density at radius 3 is 3.00 bits per heavy atom. The average molecular weight is 346 g/mol. The zero-order valence-electron chi connectivity index (χ0n) is 13.1. The fourth-order valence-electron chi connectivity index (χ4n) is 2.84. The van der Waals surface area contributed by atoms with Gasteiger partial charge in [0.15, 0.2) is 17.0 Å². The summed E-state index contributed by atoms with van der Waals surface area (Å²) in [5, 5.41) is 3.39. The first-order chi connectivity index (χ1) is 11.8. The molecule has 0 radical (unpaired) electrons. The quantitative estimate of drug-likeness (QED) is 0.729. The number of methoxy groups -OCH3 is 1. The number of nitrogens with one attached hydrogen (secondary N) is 1. The minimum Gasteiger partial charge on any atom is -0.495 e. The topological polar surface area (TPSA) is 74.1 Å². The minimum absolute atomic E-state index is 0.0555. The maximum absolute atomic E-state index is 6.12. The summed E-state index contributed by atoms with van der Waals surface area (Å²) < 4.78 is 13.0. The number of benzene rings is 1. The standard InChI is InChI=1S/C16H16ClN5O2/c1-23-11-6-3-2-5-10(11)19-14-13-15(21-16(17)20-14)22(9-18-13)12-7-4-8-24-12/h2-3,5-6,9,12H,4,7-8H2,1H3,(H,19,20,21). The number of nitrogens with zero attached hydrogens (tertiary/aromatic N) is 4. The molecule has 1 N–H and O–H groups in total. The van der Waals surface area contributed by atoms with Crippen molar-refractivity contribution in [2.24, 2.45) is 0 Å². The first kappa shape index (κ1) is 15.2. The van der Waals surface area contributed by atoms with Crippen LogP contribution in [0.2, 0.25) is 5.28 Å². The molecular weight excluding hydrogens is 330 g/mol. The first-order valence-corrected chi connectivity index (χ1v) is 8.06. The Labute approximate surface area is 143 Å². The van der Waals surface area contributed by atoms with Gasteiger partial charge >= 0.3 is 0 Å². The van der Waals surface area contributed by atoms with Crippen molar-refractivity contribution in [2.75, 3.05) is 19.0 Å². The smallest absolute Gasteiger partial charge is 0.226 e. The summed E-state index contributed by atoms with van der Waals surface area (Å²) in [5.74, 6) is 1.24. The van der Waals surface area contributed by atoms with E-state index in [9.17, 15) is 0 Å². The zero-order valence-corrected chi connectivity index (χ0v) is 13.8. The van der Waals surface area contributed by atoms with Crippen LogP contribution in [0.25, 0.3) is 11.2 Å². The second kappa shape index (κ2) is 6.26. The maximum Gasteiger partial charge on any atom is 0.226 e. The molecule has 1 aliphatic heterocycles. The van der Waals surface area contributed by atoms with Gasteiger partial charge < -0.3 is 14.8 Å². The molecule has 1 aliphatic rings. The Morgan fingerprint density at radius 1 is 1.33 bits per heavy atom. The summed E-state index contributed by atoms with van der Waals surface area (Å²) in [7, 11) is 1.62. The van der Waals surface area contributed by atoms with E-state index in [4.69, 9.17) is 21.1 Å². The van der Waals surface area contributed by atoms with Crippen molar-refractivity contribution in [1.82, 2.24) is 19.5 Å². The third kappa shape index (κ3) is 2.65. The summed E-state index contributed by atoms with van der Waals surface area (Å²) in [6.07, 6.45) is 3.62. The average Bonchev–Trinajstić information content (AvgIpc) is 3.24. The molecule has 0 aliphatic carbocycles. The fourth-order valence-corrected chi connectivity index (χ4v) is 3.01. The largest absolute Gasteiger partial charge is 0.495 e. The van der Waals surface area contributed by atoms with Crippen molar-refractivity contribution in [3.63, 3.8) is 0 Å². The van der Waals surface area contributed by atoms with E-state index >= 15 is 0 Å². The molecule has 3 heterocycles. The number of anilines is 2. The number of para-hydroxylation sites is 2. The van der Waals surface area contributed by atoms with E-state index in [0.29, 0.717) is 22.7 Å². The van der Waals surface area contributed by atoms with Gasteiger partial charge in [-0.05, 0) is 36.6 Å². The maximum atomic E-state index is 6.12. The molecule has 0 amide bonds. The minimum atomic E-state index is -0.0555. The van der Waals surface area contributed by atoms with Gasteiger partial charge in [-0.3, -0.25) is 4.57 Å². The lowest BCUT2D eigenvalue weighted by molar-refractivity contribution is 0.0593. The first-order valence-electron chi connectivity index (χ1n) is 7.68. The van der Waals surface area contributed by atoms with E-state index in [1.807, 2.05) is 28.8 Å². The number of hydrogen-bond donors (Lipinski definition) is 1. The Kier molecular flexibility index (Phi) is 3.95. The predicted molar refractivity (Wildman–Crippen MR) is 90.8 cm³/mol. The highest BCUT2D eigenvalue weighted by atomic mass is 35.5. The van der Waals surface area contributed by atoms with Crippen molar-refractivity contribution in [3.05, 3.63) is 35.9 Å². The highest BCUT2D eigenvalue weighted by molar-refractivity contribution is 6.28. The second-order valence-corrected chi connectivity index (χ2v) is 5.80. The molecule has 8 heteroatoms. The SMILES string of the molecule is COc1ccccc1Nc1nc(Cl)nc2c1ncn2C1CCCO1. The molecule has 1 fully saturated rings. The molecule has 24 heavy (non-hydrogen) atoms. The Bertz CT molecular complexity index is 876. The molecule has 124 valence electrons. The van der Waals surface area contributed by atoms with Crippen LogP contribution in [0.5, 0.6) is 5.75 Å². The number of rotatable bonds is 4. The molecule has 0 saturated carbocycles. The van der Waals surface area contributed by atoms with Crippen molar-refractivity contribution in [3.8, 4) is 5.75 Å². The van der Waals surface area contributed by atoms with Crippen LogP contribution in [-0.2, 0) is 4.74 Å². The second-order valence-electron chi connectivity index (χ2n) is 5.46. The zero-order chi connectivity index (χ0) is 16.5. The van der Waals surface area contributed by atoms with Crippen LogP contribution in [0, 0.1) is 0 Å². The number of ether oxygens (including phenoxy) is 2. The molecule has 0 bridgehead atoms. The van der Waals surface area contributed by atoms with E-state index in [1.54, 1.807) is 13.4 Å². The van der Waals surface area contributed by atoms with E-state index in [2.05, 4.69) is 20.3 Å². The lowest BCUT2D eigenvalue weighted by Gasteiger charge is -2.13. The van der Waals surface area contributed by atoms with Crippen molar-refractivity contribution in [1.29, 1.82) is 0 Å². The molecule has 2 aromatic heterocycles. The summed E-state index contributed by atoms with van der Waals surface area (Å²) >= 11 is 6.12. The van der Waals surface area contributed by atoms with Gasteiger partial charge in [-0.1, -0.05) is 12.1 Å². The molecule has 7 nitrogen and oxygen atoms in total. The van der Waals surface area contributed by atoms with Crippen molar-refractivity contribution >= 4 is 34.3 Å².